The van der Waals surface area contributed by atoms with E-state index in [1.54, 1.807) is 0 Å². The smallest absolute Gasteiger partial charge is 0.263 e. The highest BCUT2D eigenvalue weighted by Gasteiger charge is 2.16. The van der Waals surface area contributed by atoms with E-state index in [0.29, 0.717) is 5.69 Å². The third kappa shape index (κ3) is 3.06. The van der Waals surface area contributed by atoms with Crippen LogP contribution in [0.15, 0.2) is 35.4 Å². The van der Waals surface area contributed by atoms with Crippen molar-refractivity contribution in [1.82, 2.24) is 4.98 Å². The summed E-state index contributed by atoms with van der Waals surface area (Å²) in [6.45, 7) is 0.206. The Morgan fingerprint density at radius 2 is 2.11 bits per heavy atom. The van der Waals surface area contributed by atoms with Gasteiger partial charge >= 0.3 is 0 Å². The fourth-order valence-electron chi connectivity index (χ4n) is 1.47. The van der Waals surface area contributed by atoms with Gasteiger partial charge in [0, 0.05) is 18.4 Å². The van der Waals surface area contributed by atoms with Gasteiger partial charge in [-0.2, -0.15) is 0 Å². The van der Waals surface area contributed by atoms with Crippen LogP contribution in [0.2, 0.25) is 5.02 Å². The van der Waals surface area contributed by atoms with Gasteiger partial charge in [0.15, 0.2) is 0 Å². The molecule has 0 unspecified atom stereocenters. The first-order valence-electron chi connectivity index (χ1n) is 5.27. The molecule has 0 fully saturated rings. The number of benzene rings is 1. The van der Waals surface area contributed by atoms with Crippen LogP contribution in [-0.4, -0.2) is 13.4 Å². The lowest BCUT2D eigenvalue weighted by molar-refractivity contribution is 0.601. The molecule has 0 radical (unpaired) electrons. The Morgan fingerprint density at radius 3 is 2.68 bits per heavy atom. The predicted molar refractivity (Wildman–Crippen MR) is 70.9 cm³/mol. The van der Waals surface area contributed by atoms with E-state index in [1.165, 1.54) is 24.4 Å². The van der Waals surface area contributed by atoms with Crippen molar-refractivity contribution in [2.24, 2.45) is 5.73 Å². The van der Waals surface area contributed by atoms with Crippen molar-refractivity contribution in [2.75, 3.05) is 4.72 Å². The number of rotatable bonds is 4. The maximum atomic E-state index is 13.0. The van der Waals surface area contributed by atoms with Crippen molar-refractivity contribution >= 4 is 27.3 Å². The van der Waals surface area contributed by atoms with Gasteiger partial charge in [-0.05, 0) is 24.3 Å². The number of halogens is 2. The van der Waals surface area contributed by atoms with Crippen LogP contribution in [0.1, 0.15) is 5.69 Å². The molecule has 0 amide bonds. The van der Waals surface area contributed by atoms with Crippen LogP contribution in [0, 0.1) is 5.82 Å². The third-order valence-electron chi connectivity index (χ3n) is 2.42. The van der Waals surface area contributed by atoms with E-state index >= 15 is 0 Å². The summed E-state index contributed by atoms with van der Waals surface area (Å²) in [7, 11) is -3.75. The average molecular weight is 304 g/mol. The lowest BCUT2D eigenvalue weighted by Gasteiger charge is -2.06. The standard InChI is InChI=1S/C11H11ClFN3O2S/c12-10-4-7(1-2-11(10)13)16-19(17,18)9-3-8(5-14)15-6-9/h1-4,6,15-16H,5,14H2. The van der Waals surface area contributed by atoms with E-state index in [2.05, 4.69) is 9.71 Å². The summed E-state index contributed by atoms with van der Waals surface area (Å²) in [5.74, 6) is -0.614. The van der Waals surface area contributed by atoms with Gasteiger partial charge < -0.3 is 10.7 Å². The Kier molecular flexibility index (Phi) is 3.79. The van der Waals surface area contributed by atoms with Crippen LogP contribution in [0.3, 0.4) is 0 Å². The van der Waals surface area contributed by atoms with Crippen LogP contribution in [0.25, 0.3) is 0 Å². The number of aromatic amines is 1. The molecular formula is C11H11ClFN3O2S. The number of H-pyrrole nitrogens is 1. The first-order chi connectivity index (χ1) is 8.92. The molecule has 0 bridgehead atoms. The molecule has 19 heavy (non-hydrogen) atoms. The summed E-state index contributed by atoms with van der Waals surface area (Å²) in [5.41, 5.74) is 6.17. The Morgan fingerprint density at radius 1 is 1.37 bits per heavy atom. The van der Waals surface area contributed by atoms with E-state index in [1.807, 2.05) is 0 Å². The second-order valence-electron chi connectivity index (χ2n) is 3.80. The number of sulfonamides is 1. The molecule has 0 atom stereocenters. The van der Waals surface area contributed by atoms with Gasteiger partial charge in [-0.3, -0.25) is 4.72 Å². The maximum Gasteiger partial charge on any atom is 0.263 e. The zero-order chi connectivity index (χ0) is 14.0. The molecule has 0 aliphatic carbocycles. The summed E-state index contributed by atoms with van der Waals surface area (Å²) >= 11 is 5.58. The van der Waals surface area contributed by atoms with Crippen LogP contribution >= 0.6 is 11.6 Å². The first kappa shape index (κ1) is 13.9. The molecule has 0 spiro atoms. The fraction of sp³-hybridized carbons (Fsp3) is 0.0909. The van der Waals surface area contributed by atoms with Gasteiger partial charge in [0.25, 0.3) is 10.0 Å². The number of anilines is 1. The van der Waals surface area contributed by atoms with Gasteiger partial charge in [0.05, 0.1) is 10.7 Å². The van der Waals surface area contributed by atoms with Gasteiger partial charge in [0.1, 0.15) is 10.7 Å². The summed E-state index contributed by atoms with van der Waals surface area (Å²) in [4.78, 5) is 2.79. The predicted octanol–water partition coefficient (Wildman–Crippen LogP) is 2.07. The SMILES string of the molecule is NCc1cc(S(=O)(=O)Nc2ccc(F)c(Cl)c2)c[nH]1. The molecule has 1 aromatic heterocycles. The monoisotopic (exact) mass is 303 g/mol. The highest BCUT2D eigenvalue weighted by molar-refractivity contribution is 7.92. The molecule has 4 N–H and O–H groups in total. The van der Waals surface area contributed by atoms with E-state index < -0.39 is 15.8 Å². The van der Waals surface area contributed by atoms with E-state index in [9.17, 15) is 12.8 Å². The van der Waals surface area contributed by atoms with Crippen molar-refractivity contribution in [3.05, 3.63) is 47.0 Å². The molecule has 0 saturated heterocycles. The largest absolute Gasteiger partial charge is 0.363 e. The third-order valence-corrected chi connectivity index (χ3v) is 4.07. The highest BCUT2D eigenvalue weighted by atomic mass is 35.5. The zero-order valence-electron chi connectivity index (χ0n) is 9.65. The summed E-state index contributed by atoms with van der Waals surface area (Å²) in [6, 6.07) is 5.00. The van der Waals surface area contributed by atoms with Crippen molar-refractivity contribution in [3.8, 4) is 0 Å². The minimum absolute atomic E-state index is 0.0494. The number of hydrogen-bond acceptors (Lipinski definition) is 3. The Hall–Kier alpha value is -1.57. The van der Waals surface area contributed by atoms with E-state index in [-0.39, 0.29) is 22.2 Å². The van der Waals surface area contributed by atoms with Gasteiger partial charge in [-0.15, -0.1) is 0 Å². The van der Waals surface area contributed by atoms with Crippen LogP contribution in [0.5, 0.6) is 0 Å². The summed E-state index contributed by atoms with van der Waals surface area (Å²) < 4.78 is 39.3. The normalized spacial score (nSPS) is 11.5. The van der Waals surface area contributed by atoms with E-state index in [4.69, 9.17) is 17.3 Å². The minimum atomic E-state index is -3.75. The Bertz CT molecular complexity index is 700. The molecule has 2 rings (SSSR count). The van der Waals surface area contributed by atoms with Crippen LogP contribution < -0.4 is 10.5 Å². The first-order valence-corrected chi connectivity index (χ1v) is 7.14. The van der Waals surface area contributed by atoms with Crippen LogP contribution in [0.4, 0.5) is 10.1 Å². The Balaban J connectivity index is 2.28. The molecule has 2 aromatic rings. The average Bonchev–Trinajstić information content (AvgIpc) is 2.83. The molecule has 0 aliphatic rings. The number of hydrogen-bond donors (Lipinski definition) is 3. The van der Waals surface area contributed by atoms with Gasteiger partial charge in [0.2, 0.25) is 0 Å². The molecule has 1 heterocycles. The lowest BCUT2D eigenvalue weighted by atomic mass is 10.3. The molecule has 1 aromatic carbocycles. The molecule has 0 aliphatic heterocycles. The van der Waals surface area contributed by atoms with Crippen molar-refractivity contribution < 1.29 is 12.8 Å². The second kappa shape index (κ2) is 5.20. The van der Waals surface area contributed by atoms with Crippen molar-refractivity contribution in [2.45, 2.75) is 11.4 Å². The van der Waals surface area contributed by atoms with Gasteiger partial charge in [-0.1, -0.05) is 11.6 Å². The number of nitrogens with one attached hydrogen (secondary N) is 2. The van der Waals surface area contributed by atoms with Crippen molar-refractivity contribution in [3.63, 3.8) is 0 Å². The highest BCUT2D eigenvalue weighted by Crippen LogP contribution is 2.22. The second-order valence-corrected chi connectivity index (χ2v) is 5.89. The quantitative estimate of drug-likeness (QED) is 0.808. The minimum Gasteiger partial charge on any atom is -0.363 e. The van der Waals surface area contributed by atoms with Gasteiger partial charge in [-0.25, -0.2) is 12.8 Å². The fourth-order valence-corrected chi connectivity index (χ4v) is 2.71. The lowest BCUT2D eigenvalue weighted by Crippen LogP contribution is -2.12. The zero-order valence-corrected chi connectivity index (χ0v) is 11.2. The molecule has 0 saturated carbocycles. The van der Waals surface area contributed by atoms with E-state index in [0.717, 1.165) is 6.07 Å². The summed E-state index contributed by atoms with van der Waals surface area (Å²) in [6.07, 6.45) is 1.33. The molecule has 5 nitrogen and oxygen atoms in total. The maximum absolute atomic E-state index is 13.0. The molecule has 102 valence electrons. The topological polar surface area (TPSA) is 88.0 Å². The van der Waals surface area contributed by atoms with Crippen molar-refractivity contribution in [1.29, 1.82) is 0 Å². The Labute approximate surface area is 114 Å². The number of nitrogens with two attached hydrogens (primary N) is 1. The molecular weight excluding hydrogens is 293 g/mol. The summed E-state index contributed by atoms with van der Waals surface area (Å²) in [5, 5.41) is -0.156. The number of aromatic nitrogens is 1. The van der Waals surface area contributed by atoms with Crippen LogP contribution in [-0.2, 0) is 16.6 Å². The molecule has 8 heteroatoms.